The van der Waals surface area contributed by atoms with Crippen molar-refractivity contribution in [2.75, 3.05) is 6.61 Å². The summed E-state index contributed by atoms with van der Waals surface area (Å²) in [6.45, 7) is 17.5. The standard InChI is InChI=1S/C19H35NO4Si2/c1-19(2,24-26(6,7)8)17(15-23-25(3,4)5)20-18(21)22-14-16-12-10-9-11-13-16/h9-13,17H,14-15H2,1-8H3,(H,20,21)/t17-/m1/s1. The zero-order valence-corrected chi connectivity index (χ0v) is 19.5. The average Bonchev–Trinajstić information content (AvgIpc) is 2.47. The third kappa shape index (κ3) is 9.52. The van der Waals surface area contributed by atoms with E-state index in [1.165, 1.54) is 0 Å². The highest BCUT2D eigenvalue weighted by molar-refractivity contribution is 6.70. The van der Waals surface area contributed by atoms with E-state index in [-0.39, 0.29) is 12.6 Å². The normalized spacial score (nSPS) is 14.0. The lowest BCUT2D eigenvalue weighted by atomic mass is 10.0. The Morgan fingerprint density at radius 2 is 1.62 bits per heavy atom. The number of ether oxygens (including phenoxy) is 1. The lowest BCUT2D eigenvalue weighted by Crippen LogP contribution is -2.57. The van der Waals surface area contributed by atoms with Crippen molar-refractivity contribution in [2.24, 2.45) is 0 Å². The first-order chi connectivity index (χ1) is 11.8. The SMILES string of the molecule is CC(C)(O[Si](C)(C)C)[C@@H](CO[Si](C)(C)C)NC(=O)OCc1ccccc1. The maximum absolute atomic E-state index is 12.3. The Kier molecular flexibility index (Phi) is 8.07. The predicted molar refractivity (Wildman–Crippen MR) is 111 cm³/mol. The Bertz CT molecular complexity index is 565. The van der Waals surface area contributed by atoms with E-state index in [0.717, 1.165) is 5.56 Å². The third-order valence-corrected chi connectivity index (χ3v) is 5.77. The van der Waals surface area contributed by atoms with Crippen molar-refractivity contribution < 1.29 is 18.4 Å². The van der Waals surface area contributed by atoms with Gasteiger partial charge in [0.05, 0.1) is 18.2 Å². The molecule has 7 heteroatoms. The van der Waals surface area contributed by atoms with Crippen LogP contribution in [-0.2, 0) is 20.2 Å². The van der Waals surface area contributed by atoms with Gasteiger partial charge < -0.3 is 18.9 Å². The van der Waals surface area contributed by atoms with Crippen LogP contribution in [0.2, 0.25) is 39.3 Å². The van der Waals surface area contributed by atoms with Gasteiger partial charge in [0.15, 0.2) is 16.6 Å². The van der Waals surface area contributed by atoms with E-state index < -0.39 is 28.3 Å². The van der Waals surface area contributed by atoms with Gasteiger partial charge in [-0.05, 0) is 58.7 Å². The van der Waals surface area contributed by atoms with E-state index in [1.54, 1.807) is 0 Å². The minimum absolute atomic E-state index is 0.240. The molecule has 0 spiro atoms. The molecule has 148 valence electrons. The molecule has 0 heterocycles. The Morgan fingerprint density at radius 3 is 2.12 bits per heavy atom. The fraction of sp³-hybridized carbons (Fsp3) is 0.632. The molecule has 1 aromatic rings. The minimum Gasteiger partial charge on any atom is -0.445 e. The number of hydrogen-bond donors (Lipinski definition) is 1. The van der Waals surface area contributed by atoms with E-state index in [9.17, 15) is 4.79 Å². The van der Waals surface area contributed by atoms with Crippen molar-refractivity contribution in [3.8, 4) is 0 Å². The first-order valence-electron chi connectivity index (χ1n) is 9.10. The number of alkyl carbamates (subject to hydrolysis) is 1. The summed E-state index contributed by atoms with van der Waals surface area (Å²) in [4.78, 5) is 12.3. The van der Waals surface area contributed by atoms with Crippen molar-refractivity contribution in [1.29, 1.82) is 0 Å². The van der Waals surface area contributed by atoms with E-state index in [2.05, 4.69) is 44.6 Å². The Labute approximate surface area is 160 Å². The van der Waals surface area contributed by atoms with Crippen LogP contribution in [0.15, 0.2) is 30.3 Å². The van der Waals surface area contributed by atoms with Crippen LogP contribution < -0.4 is 5.32 Å². The van der Waals surface area contributed by atoms with E-state index in [0.29, 0.717) is 6.61 Å². The predicted octanol–water partition coefficient (Wildman–Crippen LogP) is 4.76. The first-order valence-corrected chi connectivity index (χ1v) is 15.9. The molecule has 5 nitrogen and oxygen atoms in total. The van der Waals surface area contributed by atoms with Crippen molar-refractivity contribution >= 4 is 22.7 Å². The number of carbonyl (C=O) groups excluding carboxylic acids is 1. The molecule has 1 atom stereocenters. The minimum atomic E-state index is -1.79. The largest absolute Gasteiger partial charge is 0.445 e. The van der Waals surface area contributed by atoms with Crippen LogP contribution in [0.3, 0.4) is 0 Å². The summed E-state index contributed by atoms with van der Waals surface area (Å²) in [5.41, 5.74) is 0.408. The fourth-order valence-electron chi connectivity index (χ4n) is 2.52. The van der Waals surface area contributed by atoms with Crippen molar-refractivity contribution in [3.63, 3.8) is 0 Å². The van der Waals surface area contributed by atoms with Gasteiger partial charge in [-0.25, -0.2) is 4.79 Å². The highest BCUT2D eigenvalue weighted by Crippen LogP contribution is 2.23. The molecule has 0 bridgehead atoms. The van der Waals surface area contributed by atoms with Gasteiger partial charge in [0.1, 0.15) is 6.61 Å². The maximum atomic E-state index is 12.3. The molecule has 0 saturated heterocycles. The third-order valence-electron chi connectivity index (χ3n) is 3.60. The monoisotopic (exact) mass is 397 g/mol. The van der Waals surface area contributed by atoms with Crippen molar-refractivity contribution in [2.45, 2.75) is 71.4 Å². The number of carbonyl (C=O) groups is 1. The zero-order valence-electron chi connectivity index (χ0n) is 17.5. The topological polar surface area (TPSA) is 56.8 Å². The summed E-state index contributed by atoms with van der Waals surface area (Å²) in [6, 6.07) is 9.35. The van der Waals surface area contributed by atoms with Gasteiger partial charge in [-0.15, -0.1) is 0 Å². The second kappa shape index (κ2) is 9.17. The molecule has 26 heavy (non-hydrogen) atoms. The van der Waals surface area contributed by atoms with Crippen LogP contribution in [0.5, 0.6) is 0 Å². The van der Waals surface area contributed by atoms with Gasteiger partial charge in [-0.2, -0.15) is 0 Å². The van der Waals surface area contributed by atoms with E-state index >= 15 is 0 Å². The number of benzene rings is 1. The Morgan fingerprint density at radius 1 is 1.04 bits per heavy atom. The van der Waals surface area contributed by atoms with Gasteiger partial charge in [0.2, 0.25) is 0 Å². The maximum Gasteiger partial charge on any atom is 0.407 e. The number of amides is 1. The van der Waals surface area contributed by atoms with Crippen LogP contribution >= 0.6 is 0 Å². The van der Waals surface area contributed by atoms with Gasteiger partial charge in [-0.3, -0.25) is 0 Å². The molecular formula is C19H35NO4Si2. The summed E-state index contributed by atoms with van der Waals surface area (Å²) in [5.74, 6) is 0. The fourth-order valence-corrected chi connectivity index (χ4v) is 4.90. The molecule has 0 radical (unpaired) electrons. The highest BCUT2D eigenvalue weighted by atomic mass is 28.4. The first kappa shape index (κ1) is 22.9. The lowest BCUT2D eigenvalue weighted by Gasteiger charge is -2.40. The van der Waals surface area contributed by atoms with Gasteiger partial charge in [0.25, 0.3) is 0 Å². The number of hydrogen-bond acceptors (Lipinski definition) is 4. The highest BCUT2D eigenvalue weighted by Gasteiger charge is 2.37. The smallest absolute Gasteiger partial charge is 0.407 e. The molecule has 0 aromatic heterocycles. The van der Waals surface area contributed by atoms with Gasteiger partial charge >= 0.3 is 6.09 Å². The van der Waals surface area contributed by atoms with Gasteiger partial charge in [0, 0.05) is 0 Å². The Hall–Kier alpha value is -1.16. The molecule has 0 unspecified atom stereocenters. The van der Waals surface area contributed by atoms with Crippen LogP contribution in [0.4, 0.5) is 4.79 Å². The Balaban J connectivity index is 2.75. The molecule has 0 aliphatic carbocycles. The second-order valence-electron chi connectivity index (χ2n) is 9.00. The van der Waals surface area contributed by atoms with E-state index in [1.807, 2.05) is 44.2 Å². The van der Waals surface area contributed by atoms with Gasteiger partial charge in [-0.1, -0.05) is 30.3 Å². The molecule has 0 fully saturated rings. The lowest BCUT2D eigenvalue weighted by molar-refractivity contribution is 0.0305. The summed E-state index contributed by atoms with van der Waals surface area (Å²) in [7, 11) is -3.50. The summed E-state index contributed by atoms with van der Waals surface area (Å²) < 4.78 is 17.8. The summed E-state index contributed by atoms with van der Waals surface area (Å²) >= 11 is 0. The van der Waals surface area contributed by atoms with Crippen molar-refractivity contribution in [3.05, 3.63) is 35.9 Å². The van der Waals surface area contributed by atoms with Crippen LogP contribution in [0, 0.1) is 0 Å². The molecule has 1 aromatic carbocycles. The van der Waals surface area contributed by atoms with Crippen LogP contribution in [-0.4, -0.2) is 41.0 Å². The molecule has 0 aliphatic rings. The van der Waals surface area contributed by atoms with Crippen molar-refractivity contribution in [1.82, 2.24) is 5.32 Å². The number of nitrogens with one attached hydrogen (secondary N) is 1. The molecule has 1 rings (SSSR count). The molecule has 0 saturated carbocycles. The zero-order chi connectivity index (χ0) is 20.0. The quantitative estimate of drug-likeness (QED) is 0.610. The molecule has 1 amide bonds. The summed E-state index contributed by atoms with van der Waals surface area (Å²) in [5, 5.41) is 2.96. The van der Waals surface area contributed by atoms with Crippen LogP contribution in [0.25, 0.3) is 0 Å². The molecule has 0 aliphatic heterocycles. The second-order valence-corrected chi connectivity index (χ2v) is 17.9. The van der Waals surface area contributed by atoms with E-state index in [4.69, 9.17) is 13.6 Å². The molecular weight excluding hydrogens is 362 g/mol. The molecule has 1 N–H and O–H groups in total. The number of rotatable bonds is 9. The van der Waals surface area contributed by atoms with Crippen LogP contribution in [0.1, 0.15) is 19.4 Å². The average molecular weight is 398 g/mol. The summed E-state index contributed by atoms with van der Waals surface area (Å²) in [6.07, 6.45) is -0.453.